The highest BCUT2D eigenvalue weighted by Crippen LogP contribution is 2.29. The third kappa shape index (κ3) is 4.65. The molecule has 0 radical (unpaired) electrons. The lowest BCUT2D eigenvalue weighted by atomic mass is 9.90. The van der Waals surface area contributed by atoms with Crippen molar-refractivity contribution in [1.82, 2.24) is 5.16 Å². The van der Waals surface area contributed by atoms with Gasteiger partial charge in [0.15, 0.2) is 6.29 Å². The van der Waals surface area contributed by atoms with Crippen LogP contribution in [0.15, 0.2) is 34.9 Å². The number of rotatable bonds is 7. The largest absolute Gasteiger partial charge is 0.359 e. The van der Waals surface area contributed by atoms with E-state index < -0.39 is 0 Å². The predicted molar refractivity (Wildman–Crippen MR) is 110 cm³/mol. The van der Waals surface area contributed by atoms with E-state index in [9.17, 15) is 9.18 Å². The molecule has 0 spiro atoms. The molecule has 1 amide bonds. The summed E-state index contributed by atoms with van der Waals surface area (Å²) < 4.78 is 30.0. The van der Waals surface area contributed by atoms with Gasteiger partial charge in [0.05, 0.1) is 12.3 Å². The van der Waals surface area contributed by atoms with Crippen molar-refractivity contribution in [2.45, 2.75) is 57.3 Å². The molecule has 0 aliphatic carbocycles. The molecular formula is C22H28FN3O4. The van der Waals surface area contributed by atoms with Crippen LogP contribution in [-0.2, 0) is 19.7 Å². The van der Waals surface area contributed by atoms with Gasteiger partial charge in [-0.3, -0.25) is 10.1 Å². The Hall–Kier alpha value is -2.45. The molecule has 2 aliphatic heterocycles. The van der Waals surface area contributed by atoms with Crippen molar-refractivity contribution < 1.29 is 23.2 Å². The first kappa shape index (κ1) is 20.8. The van der Waals surface area contributed by atoms with Crippen LogP contribution in [0.1, 0.15) is 45.2 Å². The number of ether oxygens (including phenoxy) is 2. The average molecular weight is 417 g/mol. The maximum Gasteiger partial charge on any atom is 0.249 e. The molecule has 0 saturated carbocycles. The summed E-state index contributed by atoms with van der Waals surface area (Å²) in [5, 5.41) is 6.93. The summed E-state index contributed by atoms with van der Waals surface area (Å²) in [5.41, 5.74) is 1.14. The van der Waals surface area contributed by atoms with Gasteiger partial charge in [-0.05, 0) is 49.9 Å². The van der Waals surface area contributed by atoms with E-state index >= 15 is 0 Å². The number of amides is 1. The number of hydrogen-bond donors (Lipinski definition) is 1. The Labute approximate surface area is 175 Å². The third-order valence-electron chi connectivity index (χ3n) is 5.70. The summed E-state index contributed by atoms with van der Waals surface area (Å²) in [6, 6.07) is 7.58. The number of carbonyl (C=O) groups excluding carboxylic acids is 1. The quantitative estimate of drug-likeness (QED) is 0.737. The van der Waals surface area contributed by atoms with Crippen LogP contribution >= 0.6 is 0 Å². The zero-order valence-corrected chi connectivity index (χ0v) is 17.4. The molecular weight excluding hydrogens is 389 g/mol. The Kier molecular flexibility index (Phi) is 6.06. The maximum atomic E-state index is 13.1. The summed E-state index contributed by atoms with van der Waals surface area (Å²) >= 11 is 0. The molecule has 1 aromatic carbocycles. The Morgan fingerprint density at radius 2 is 2.10 bits per heavy atom. The van der Waals surface area contributed by atoms with Gasteiger partial charge in [0, 0.05) is 30.3 Å². The van der Waals surface area contributed by atoms with Gasteiger partial charge in [-0.25, -0.2) is 4.39 Å². The lowest BCUT2D eigenvalue weighted by molar-refractivity contribution is -0.170. The molecule has 4 rings (SSSR count). The zero-order valence-electron chi connectivity index (χ0n) is 17.4. The minimum atomic E-state index is -0.385. The van der Waals surface area contributed by atoms with Crippen molar-refractivity contribution in [3.63, 3.8) is 0 Å². The second-order valence-electron chi connectivity index (χ2n) is 8.53. The van der Waals surface area contributed by atoms with Crippen LogP contribution < -0.4 is 10.2 Å². The Morgan fingerprint density at radius 1 is 1.30 bits per heavy atom. The predicted octanol–water partition coefficient (Wildman–Crippen LogP) is 3.85. The maximum absolute atomic E-state index is 13.1. The van der Waals surface area contributed by atoms with Gasteiger partial charge in [-0.15, -0.1) is 0 Å². The molecule has 2 fully saturated rings. The normalized spacial score (nSPS) is 21.9. The number of nitrogens with zero attached hydrogens (tertiary/aromatic N) is 2. The zero-order chi connectivity index (χ0) is 21.1. The minimum absolute atomic E-state index is 0.167. The topological polar surface area (TPSA) is 76.8 Å². The fraction of sp³-hybridized carbons (Fsp3) is 0.545. The van der Waals surface area contributed by atoms with Crippen LogP contribution in [0.2, 0.25) is 0 Å². The van der Waals surface area contributed by atoms with Gasteiger partial charge < -0.3 is 18.9 Å². The smallest absolute Gasteiger partial charge is 0.249 e. The Balaban J connectivity index is 1.33. The van der Waals surface area contributed by atoms with Gasteiger partial charge in [0.2, 0.25) is 11.8 Å². The van der Waals surface area contributed by atoms with Crippen molar-refractivity contribution in [2.24, 2.45) is 0 Å². The van der Waals surface area contributed by atoms with Crippen LogP contribution in [0.4, 0.5) is 16.0 Å². The second-order valence-corrected chi connectivity index (χ2v) is 8.53. The number of carbonyl (C=O) groups is 1. The van der Waals surface area contributed by atoms with E-state index in [1.165, 1.54) is 12.1 Å². The fourth-order valence-electron chi connectivity index (χ4n) is 3.68. The molecule has 2 aromatic rings. The van der Waals surface area contributed by atoms with Crippen LogP contribution in [-0.4, -0.2) is 43.2 Å². The van der Waals surface area contributed by atoms with E-state index in [4.69, 9.17) is 14.0 Å². The minimum Gasteiger partial charge on any atom is -0.359 e. The molecule has 8 heteroatoms. The highest BCUT2D eigenvalue weighted by Gasteiger charge is 2.35. The molecule has 0 bridgehead atoms. The van der Waals surface area contributed by atoms with Crippen LogP contribution in [0, 0.1) is 5.82 Å². The van der Waals surface area contributed by atoms with Crippen LogP contribution in [0.25, 0.3) is 0 Å². The summed E-state index contributed by atoms with van der Waals surface area (Å²) in [6.07, 6.45) is 3.66. The van der Waals surface area contributed by atoms with E-state index in [0.717, 1.165) is 44.5 Å². The second kappa shape index (κ2) is 8.73. The van der Waals surface area contributed by atoms with Crippen LogP contribution in [0.5, 0.6) is 0 Å². The summed E-state index contributed by atoms with van der Waals surface area (Å²) in [4.78, 5) is 14.6. The number of anilines is 2. The Morgan fingerprint density at radius 3 is 2.77 bits per heavy atom. The van der Waals surface area contributed by atoms with Gasteiger partial charge in [0.1, 0.15) is 11.9 Å². The molecule has 2 saturated heterocycles. The number of halogens is 1. The number of aromatic nitrogens is 1. The molecule has 1 aromatic heterocycles. The molecule has 1 N–H and O–H groups in total. The molecule has 3 heterocycles. The third-order valence-corrected chi connectivity index (χ3v) is 5.70. The molecule has 2 unspecified atom stereocenters. The van der Waals surface area contributed by atoms with Crippen molar-refractivity contribution in [3.05, 3.63) is 41.8 Å². The first-order valence-electron chi connectivity index (χ1n) is 10.5. The van der Waals surface area contributed by atoms with E-state index in [1.54, 1.807) is 18.2 Å². The SMILES string of the molecule is CC(C)(COC1CCCCO1)c1cc(NC(=O)C2CCN2c2ccc(F)cc2)on1. The average Bonchev–Trinajstić information content (AvgIpc) is 3.17. The van der Waals surface area contributed by atoms with Crippen molar-refractivity contribution in [1.29, 1.82) is 0 Å². The molecule has 2 aliphatic rings. The lowest BCUT2D eigenvalue weighted by Crippen LogP contribution is -2.54. The van der Waals surface area contributed by atoms with Gasteiger partial charge in [0.25, 0.3) is 0 Å². The Bertz CT molecular complexity index is 862. The monoisotopic (exact) mass is 417 g/mol. The van der Waals surface area contributed by atoms with E-state index in [0.29, 0.717) is 18.2 Å². The van der Waals surface area contributed by atoms with E-state index in [-0.39, 0.29) is 29.5 Å². The van der Waals surface area contributed by atoms with Gasteiger partial charge >= 0.3 is 0 Å². The molecule has 30 heavy (non-hydrogen) atoms. The highest BCUT2D eigenvalue weighted by molar-refractivity contribution is 5.97. The molecule has 162 valence electrons. The van der Waals surface area contributed by atoms with E-state index in [2.05, 4.69) is 10.5 Å². The summed E-state index contributed by atoms with van der Waals surface area (Å²) in [6.45, 7) is 5.96. The van der Waals surface area contributed by atoms with Crippen molar-refractivity contribution in [2.75, 3.05) is 30.0 Å². The van der Waals surface area contributed by atoms with Gasteiger partial charge in [-0.2, -0.15) is 0 Å². The first-order valence-corrected chi connectivity index (χ1v) is 10.5. The standard InChI is InChI=1S/C22H28FN3O4/c1-22(2,14-29-20-5-3-4-12-28-20)18-13-19(30-25-18)24-21(27)17-10-11-26(17)16-8-6-15(23)7-9-16/h6-9,13,17,20H,3-5,10-12,14H2,1-2H3,(H,24,27). The van der Waals surface area contributed by atoms with Crippen molar-refractivity contribution >= 4 is 17.5 Å². The summed E-state index contributed by atoms with van der Waals surface area (Å²) in [5.74, 6) is -0.156. The number of nitrogens with one attached hydrogen (secondary N) is 1. The molecule has 7 nitrogen and oxygen atoms in total. The number of hydrogen-bond acceptors (Lipinski definition) is 6. The summed E-state index contributed by atoms with van der Waals surface area (Å²) in [7, 11) is 0. The fourth-order valence-corrected chi connectivity index (χ4v) is 3.68. The van der Waals surface area contributed by atoms with Crippen molar-refractivity contribution in [3.8, 4) is 0 Å². The lowest BCUT2D eigenvalue weighted by Gasteiger charge is -2.41. The molecule has 2 atom stereocenters. The van der Waals surface area contributed by atoms with E-state index in [1.807, 2.05) is 18.7 Å². The van der Waals surface area contributed by atoms with Gasteiger partial charge in [-0.1, -0.05) is 19.0 Å². The number of benzene rings is 1. The van der Waals surface area contributed by atoms with Crippen LogP contribution in [0.3, 0.4) is 0 Å². The highest BCUT2D eigenvalue weighted by atomic mass is 19.1. The first-order chi connectivity index (χ1) is 14.4.